The average molecular weight is 342 g/mol. The number of cyclic esters (lactones) is 2. The number of aliphatic hydroxyl groups excluding tert-OH is 1. The topological polar surface area (TPSA) is 72.8 Å². The van der Waals surface area contributed by atoms with Crippen LogP contribution in [-0.4, -0.2) is 36.4 Å². The van der Waals surface area contributed by atoms with Gasteiger partial charge < -0.3 is 14.6 Å². The van der Waals surface area contributed by atoms with Gasteiger partial charge in [-0.2, -0.15) is 0 Å². The Kier molecular flexibility index (Phi) is 12.4. The number of hydrogen-bond acceptors (Lipinski definition) is 5. The number of ether oxygens (including phenoxy) is 2. The van der Waals surface area contributed by atoms with E-state index in [4.69, 9.17) is 9.47 Å². The summed E-state index contributed by atoms with van der Waals surface area (Å²) in [6.07, 6.45) is 13.7. The molecule has 0 saturated carbocycles. The molecule has 1 N–H and O–H groups in total. The smallest absolute Gasteiger partial charge is 0.306 e. The second-order valence-electron chi connectivity index (χ2n) is 6.72. The minimum atomic E-state index is -0.743. The number of aliphatic hydroxyl groups is 1. The van der Waals surface area contributed by atoms with Crippen molar-refractivity contribution in [3.8, 4) is 0 Å². The third-order valence-electron chi connectivity index (χ3n) is 4.44. The minimum Gasteiger partial charge on any atom is -0.462 e. The lowest BCUT2D eigenvalue weighted by Crippen LogP contribution is -2.28. The Balaban J connectivity index is 2.34. The number of carbonyl (C=O) groups excluding carboxylic acids is 2. The van der Waals surface area contributed by atoms with Gasteiger partial charge >= 0.3 is 11.9 Å². The molecule has 5 heteroatoms. The number of esters is 2. The Hall–Kier alpha value is -1.10. The highest BCUT2D eigenvalue weighted by atomic mass is 16.6. The van der Waals surface area contributed by atoms with E-state index in [-0.39, 0.29) is 25.2 Å². The van der Waals surface area contributed by atoms with Crippen molar-refractivity contribution in [2.75, 3.05) is 13.2 Å². The third-order valence-corrected chi connectivity index (χ3v) is 4.44. The Labute approximate surface area is 146 Å². The molecule has 1 atom stereocenters. The first-order valence-electron chi connectivity index (χ1n) is 9.68. The Morgan fingerprint density at radius 2 is 1.12 bits per heavy atom. The largest absolute Gasteiger partial charge is 0.462 e. The zero-order valence-corrected chi connectivity index (χ0v) is 15.0. The van der Waals surface area contributed by atoms with Crippen molar-refractivity contribution in [2.24, 2.45) is 0 Å². The Bertz CT molecular complexity index is 343. The molecule has 0 aromatic heterocycles. The highest BCUT2D eigenvalue weighted by molar-refractivity contribution is 5.70. The van der Waals surface area contributed by atoms with Crippen LogP contribution < -0.4 is 0 Å². The maximum Gasteiger partial charge on any atom is 0.306 e. The van der Waals surface area contributed by atoms with E-state index in [1.165, 1.54) is 44.9 Å². The molecule has 24 heavy (non-hydrogen) atoms. The highest BCUT2D eigenvalue weighted by Gasteiger charge is 2.16. The van der Waals surface area contributed by atoms with E-state index in [1.54, 1.807) is 0 Å². The molecule has 1 aliphatic heterocycles. The first-order valence-corrected chi connectivity index (χ1v) is 9.68. The summed E-state index contributed by atoms with van der Waals surface area (Å²) in [6.45, 7) is -0.375. The number of carbonyl (C=O) groups is 2. The van der Waals surface area contributed by atoms with Crippen LogP contribution in [0, 0.1) is 0 Å². The first kappa shape index (κ1) is 20.9. The highest BCUT2D eigenvalue weighted by Crippen LogP contribution is 2.14. The van der Waals surface area contributed by atoms with E-state index < -0.39 is 6.10 Å². The van der Waals surface area contributed by atoms with E-state index in [0.29, 0.717) is 12.8 Å². The molecule has 1 aliphatic rings. The number of hydrogen-bond donors (Lipinski definition) is 1. The van der Waals surface area contributed by atoms with Gasteiger partial charge in [0.05, 0.1) is 6.61 Å². The van der Waals surface area contributed by atoms with Crippen LogP contribution in [0.2, 0.25) is 0 Å². The summed E-state index contributed by atoms with van der Waals surface area (Å²) < 4.78 is 10.3. The Morgan fingerprint density at radius 1 is 0.708 bits per heavy atom. The summed E-state index contributed by atoms with van der Waals surface area (Å²) in [6, 6.07) is 0. The van der Waals surface area contributed by atoms with Crippen LogP contribution in [0.1, 0.15) is 89.9 Å². The normalized spacial score (nSPS) is 24.6. The van der Waals surface area contributed by atoms with Crippen molar-refractivity contribution < 1.29 is 24.2 Å². The van der Waals surface area contributed by atoms with E-state index in [2.05, 4.69) is 0 Å². The van der Waals surface area contributed by atoms with Gasteiger partial charge in [0.1, 0.15) is 6.61 Å². The fourth-order valence-corrected chi connectivity index (χ4v) is 2.93. The predicted molar refractivity (Wildman–Crippen MR) is 92.6 cm³/mol. The molecule has 0 bridgehead atoms. The minimum absolute atomic E-state index is 0.0545. The zero-order valence-electron chi connectivity index (χ0n) is 15.0. The quantitative estimate of drug-likeness (QED) is 0.731. The molecule has 140 valence electrons. The second kappa shape index (κ2) is 14.3. The van der Waals surface area contributed by atoms with Crippen molar-refractivity contribution in [1.82, 2.24) is 0 Å². The standard InChI is InChI=1S/C19H34O5/c20-15-17-16-23-18(21)13-11-9-7-5-3-1-2-4-6-8-10-12-14-19(22)24-17/h17,20H,1-16H2/t17-/m0/s1. The summed E-state index contributed by atoms with van der Waals surface area (Å²) in [4.78, 5) is 23.4. The first-order chi connectivity index (χ1) is 11.7. The molecule has 0 aromatic rings. The molecular formula is C19H34O5. The number of rotatable bonds is 1. The van der Waals surface area contributed by atoms with Crippen LogP contribution in [0.4, 0.5) is 0 Å². The van der Waals surface area contributed by atoms with Crippen molar-refractivity contribution in [3.63, 3.8) is 0 Å². The lowest BCUT2D eigenvalue weighted by molar-refractivity contribution is -0.161. The predicted octanol–water partition coefficient (Wildman–Crippen LogP) is 3.91. The van der Waals surface area contributed by atoms with E-state index >= 15 is 0 Å². The molecule has 0 spiro atoms. The summed E-state index contributed by atoms with van der Waals surface area (Å²) >= 11 is 0. The maximum atomic E-state index is 11.7. The van der Waals surface area contributed by atoms with Crippen LogP contribution in [-0.2, 0) is 19.1 Å². The van der Waals surface area contributed by atoms with Crippen molar-refractivity contribution in [3.05, 3.63) is 0 Å². The van der Waals surface area contributed by atoms with E-state index in [0.717, 1.165) is 32.1 Å². The van der Waals surface area contributed by atoms with Gasteiger partial charge in [0.15, 0.2) is 6.10 Å². The summed E-state index contributed by atoms with van der Waals surface area (Å²) in [5, 5.41) is 9.24. The van der Waals surface area contributed by atoms with Gasteiger partial charge in [-0.1, -0.05) is 64.2 Å². The maximum absolute atomic E-state index is 11.7. The molecule has 5 nitrogen and oxygen atoms in total. The molecule has 0 radical (unpaired) electrons. The molecular weight excluding hydrogens is 308 g/mol. The van der Waals surface area contributed by atoms with Crippen LogP contribution in [0.25, 0.3) is 0 Å². The third kappa shape index (κ3) is 11.4. The lowest BCUT2D eigenvalue weighted by Gasteiger charge is -2.15. The van der Waals surface area contributed by atoms with Crippen LogP contribution in [0.5, 0.6) is 0 Å². The van der Waals surface area contributed by atoms with Crippen LogP contribution in [0.3, 0.4) is 0 Å². The molecule has 1 heterocycles. The fraction of sp³-hybridized carbons (Fsp3) is 0.895. The van der Waals surface area contributed by atoms with Gasteiger partial charge in [0.25, 0.3) is 0 Å². The monoisotopic (exact) mass is 342 g/mol. The molecule has 0 aliphatic carbocycles. The van der Waals surface area contributed by atoms with Crippen LogP contribution >= 0.6 is 0 Å². The van der Waals surface area contributed by atoms with Gasteiger partial charge in [0.2, 0.25) is 0 Å². The molecule has 1 fully saturated rings. The molecule has 1 rings (SSSR count). The molecule has 1 saturated heterocycles. The van der Waals surface area contributed by atoms with Gasteiger partial charge in [-0.15, -0.1) is 0 Å². The van der Waals surface area contributed by atoms with Gasteiger partial charge in [-0.25, -0.2) is 0 Å². The Morgan fingerprint density at radius 3 is 1.58 bits per heavy atom. The van der Waals surface area contributed by atoms with Crippen molar-refractivity contribution in [2.45, 2.75) is 96.0 Å². The van der Waals surface area contributed by atoms with E-state index in [9.17, 15) is 14.7 Å². The summed E-state index contributed by atoms with van der Waals surface area (Å²) in [5.74, 6) is -0.599. The average Bonchev–Trinajstić information content (AvgIpc) is 2.58. The second-order valence-corrected chi connectivity index (χ2v) is 6.72. The zero-order chi connectivity index (χ0) is 17.5. The van der Waals surface area contributed by atoms with E-state index in [1.807, 2.05) is 0 Å². The van der Waals surface area contributed by atoms with Crippen molar-refractivity contribution in [1.29, 1.82) is 0 Å². The van der Waals surface area contributed by atoms with Crippen molar-refractivity contribution >= 4 is 11.9 Å². The molecule has 0 aromatic carbocycles. The summed E-state index contributed by atoms with van der Waals surface area (Å²) in [7, 11) is 0. The van der Waals surface area contributed by atoms with Gasteiger partial charge in [0, 0.05) is 12.8 Å². The van der Waals surface area contributed by atoms with Crippen LogP contribution in [0.15, 0.2) is 0 Å². The molecule has 0 amide bonds. The summed E-state index contributed by atoms with van der Waals surface area (Å²) in [5.41, 5.74) is 0. The lowest BCUT2D eigenvalue weighted by atomic mass is 10.0. The van der Waals surface area contributed by atoms with Gasteiger partial charge in [-0.3, -0.25) is 9.59 Å². The fourth-order valence-electron chi connectivity index (χ4n) is 2.93. The van der Waals surface area contributed by atoms with Gasteiger partial charge in [-0.05, 0) is 12.8 Å². The SMILES string of the molecule is O=C1CCCCCCCCCCCCCCC(=O)O[C@@H](CO)CO1. The molecule has 0 unspecified atom stereocenters.